The standard InChI is InChI=1S/C29H35N3O5S/c1-4-15-29(16-14-21-10-7-6-8-11-21)18-25(33)27(28(34)37-29)24(5-2)22-12-9-13-23(17-22)31-38(35,36)26-19-32(3)20-30-26/h6-13,17,19-20,24,31,33H,4-5,14-16,18H2,1-3H3/t24?,29-/m1/s1. The van der Waals surface area contributed by atoms with Gasteiger partial charge in [-0.25, -0.2) is 9.78 Å². The Hall–Kier alpha value is -3.59. The van der Waals surface area contributed by atoms with E-state index in [1.54, 1.807) is 29.8 Å². The summed E-state index contributed by atoms with van der Waals surface area (Å²) in [6.07, 6.45) is 6.46. The van der Waals surface area contributed by atoms with Crippen molar-refractivity contribution in [3.05, 3.63) is 89.6 Å². The van der Waals surface area contributed by atoms with E-state index in [0.29, 0.717) is 30.5 Å². The van der Waals surface area contributed by atoms with Crippen LogP contribution in [0.4, 0.5) is 5.69 Å². The highest BCUT2D eigenvalue weighted by atomic mass is 32.2. The first-order valence-electron chi connectivity index (χ1n) is 13.0. The van der Waals surface area contributed by atoms with E-state index in [9.17, 15) is 18.3 Å². The molecule has 0 bridgehead atoms. The highest BCUT2D eigenvalue weighted by Gasteiger charge is 2.43. The summed E-state index contributed by atoms with van der Waals surface area (Å²) in [6.45, 7) is 3.97. The molecule has 1 unspecified atom stereocenters. The summed E-state index contributed by atoms with van der Waals surface area (Å²) in [4.78, 5) is 17.3. The van der Waals surface area contributed by atoms with Crippen molar-refractivity contribution in [2.45, 2.75) is 68.9 Å². The van der Waals surface area contributed by atoms with E-state index in [2.05, 4.69) is 9.71 Å². The zero-order valence-electron chi connectivity index (χ0n) is 22.1. The van der Waals surface area contributed by atoms with Crippen molar-refractivity contribution in [2.24, 2.45) is 7.05 Å². The average Bonchev–Trinajstić information content (AvgIpc) is 3.33. The van der Waals surface area contributed by atoms with Crippen LogP contribution in [0.1, 0.15) is 63.0 Å². The Morgan fingerprint density at radius 2 is 1.89 bits per heavy atom. The fourth-order valence-corrected chi connectivity index (χ4v) is 6.22. The lowest BCUT2D eigenvalue weighted by Crippen LogP contribution is -2.41. The van der Waals surface area contributed by atoms with E-state index in [4.69, 9.17) is 4.74 Å². The van der Waals surface area contributed by atoms with Crippen molar-refractivity contribution in [1.82, 2.24) is 9.55 Å². The van der Waals surface area contributed by atoms with Crippen LogP contribution in [-0.4, -0.2) is 34.6 Å². The predicted octanol–water partition coefficient (Wildman–Crippen LogP) is 5.65. The van der Waals surface area contributed by atoms with E-state index in [1.807, 2.05) is 50.2 Å². The van der Waals surface area contributed by atoms with Gasteiger partial charge in [0.25, 0.3) is 10.0 Å². The lowest BCUT2D eigenvalue weighted by atomic mass is 9.80. The largest absolute Gasteiger partial charge is 0.512 e. The molecule has 2 aromatic carbocycles. The third kappa shape index (κ3) is 6.10. The number of hydrogen-bond acceptors (Lipinski definition) is 6. The maximum absolute atomic E-state index is 13.4. The van der Waals surface area contributed by atoms with Crippen LogP contribution >= 0.6 is 0 Å². The molecule has 38 heavy (non-hydrogen) atoms. The molecule has 2 N–H and O–H groups in total. The van der Waals surface area contributed by atoms with E-state index >= 15 is 0 Å². The normalized spacial score (nSPS) is 18.8. The van der Waals surface area contributed by atoms with Gasteiger partial charge in [0.1, 0.15) is 11.4 Å². The fourth-order valence-electron chi connectivity index (χ4n) is 5.19. The van der Waals surface area contributed by atoms with Gasteiger partial charge in [-0.15, -0.1) is 0 Å². The molecular weight excluding hydrogens is 502 g/mol. The molecule has 1 aromatic heterocycles. The number of anilines is 1. The van der Waals surface area contributed by atoms with Gasteiger partial charge < -0.3 is 14.4 Å². The first-order valence-corrected chi connectivity index (χ1v) is 14.4. The number of sulfonamides is 1. The second kappa shape index (κ2) is 11.4. The Kier molecular flexibility index (Phi) is 8.26. The van der Waals surface area contributed by atoms with Crippen LogP contribution < -0.4 is 4.72 Å². The first-order chi connectivity index (χ1) is 18.2. The number of aliphatic hydroxyl groups is 1. The predicted molar refractivity (Wildman–Crippen MR) is 146 cm³/mol. The third-order valence-electron chi connectivity index (χ3n) is 7.00. The number of aromatic nitrogens is 2. The Bertz CT molecular complexity index is 1410. The lowest BCUT2D eigenvalue weighted by Gasteiger charge is -2.38. The van der Waals surface area contributed by atoms with Crippen molar-refractivity contribution in [3.8, 4) is 0 Å². The molecule has 202 valence electrons. The molecule has 8 nitrogen and oxygen atoms in total. The van der Waals surface area contributed by atoms with Crippen molar-refractivity contribution >= 4 is 21.7 Å². The smallest absolute Gasteiger partial charge is 0.338 e. The Labute approximate surface area is 224 Å². The number of nitrogens with zero attached hydrogens (tertiary/aromatic N) is 2. The number of imidazole rings is 1. The summed E-state index contributed by atoms with van der Waals surface area (Å²) in [5, 5.41) is 11.1. The van der Waals surface area contributed by atoms with Gasteiger partial charge in [-0.05, 0) is 48.9 Å². The molecule has 0 fully saturated rings. The number of carbonyl (C=O) groups is 1. The number of rotatable bonds is 11. The van der Waals surface area contributed by atoms with Crippen LogP contribution in [0.5, 0.6) is 0 Å². The number of esters is 1. The van der Waals surface area contributed by atoms with Gasteiger partial charge in [-0.1, -0.05) is 62.7 Å². The number of ether oxygens (including phenoxy) is 1. The summed E-state index contributed by atoms with van der Waals surface area (Å²) in [7, 11) is -2.18. The topological polar surface area (TPSA) is 111 Å². The van der Waals surface area contributed by atoms with E-state index in [-0.39, 0.29) is 22.8 Å². The monoisotopic (exact) mass is 537 g/mol. The molecule has 0 saturated heterocycles. The first kappa shape index (κ1) is 27.4. The summed E-state index contributed by atoms with van der Waals surface area (Å²) in [6, 6.07) is 16.9. The fraction of sp³-hybridized carbons (Fsp3) is 0.379. The lowest BCUT2D eigenvalue weighted by molar-refractivity contribution is -0.161. The zero-order valence-corrected chi connectivity index (χ0v) is 22.9. The van der Waals surface area contributed by atoms with Crippen molar-refractivity contribution in [1.29, 1.82) is 0 Å². The molecular formula is C29H35N3O5S. The van der Waals surface area contributed by atoms with Crippen molar-refractivity contribution in [2.75, 3.05) is 4.72 Å². The molecule has 3 aromatic rings. The quantitative estimate of drug-likeness (QED) is 0.306. The number of nitrogens with one attached hydrogen (secondary N) is 1. The highest BCUT2D eigenvalue weighted by molar-refractivity contribution is 7.92. The minimum atomic E-state index is -3.87. The highest BCUT2D eigenvalue weighted by Crippen LogP contribution is 2.42. The number of benzene rings is 2. The SMILES string of the molecule is CCC[C@@]1(CCc2ccccc2)CC(O)=C(C(CC)c2cccc(NS(=O)(=O)c3cn(C)cn3)c2)C(=O)O1. The molecule has 0 aliphatic carbocycles. The molecule has 0 spiro atoms. The number of carbonyl (C=O) groups excluding carboxylic acids is 1. The maximum Gasteiger partial charge on any atom is 0.338 e. The molecule has 2 heterocycles. The van der Waals surface area contributed by atoms with Gasteiger partial charge in [-0.3, -0.25) is 4.72 Å². The summed E-state index contributed by atoms with van der Waals surface area (Å²) in [5.74, 6) is -0.911. The van der Waals surface area contributed by atoms with Gasteiger partial charge >= 0.3 is 5.97 Å². The Morgan fingerprint density at radius 1 is 1.13 bits per heavy atom. The van der Waals surface area contributed by atoms with Crippen LogP contribution in [0.3, 0.4) is 0 Å². The van der Waals surface area contributed by atoms with Crippen molar-refractivity contribution in [3.63, 3.8) is 0 Å². The number of cyclic esters (lactones) is 1. The molecule has 0 amide bonds. The maximum atomic E-state index is 13.4. The summed E-state index contributed by atoms with van der Waals surface area (Å²) in [5.41, 5.74) is 1.69. The van der Waals surface area contributed by atoms with Crippen LogP contribution in [-0.2, 0) is 33.0 Å². The van der Waals surface area contributed by atoms with Crippen LogP contribution in [0.2, 0.25) is 0 Å². The number of aliphatic hydroxyl groups excluding tert-OH is 1. The summed E-state index contributed by atoms with van der Waals surface area (Å²) >= 11 is 0. The van der Waals surface area contributed by atoms with Gasteiger partial charge in [0.05, 0.1) is 11.9 Å². The van der Waals surface area contributed by atoms with E-state index in [0.717, 1.165) is 18.4 Å². The molecule has 0 saturated carbocycles. The minimum Gasteiger partial charge on any atom is -0.512 e. The van der Waals surface area contributed by atoms with Gasteiger partial charge in [0, 0.05) is 31.3 Å². The molecule has 1 aliphatic rings. The van der Waals surface area contributed by atoms with Crippen LogP contribution in [0.15, 0.2) is 83.5 Å². The van der Waals surface area contributed by atoms with Gasteiger partial charge in [0.2, 0.25) is 0 Å². The van der Waals surface area contributed by atoms with Gasteiger partial charge in [-0.2, -0.15) is 8.42 Å². The van der Waals surface area contributed by atoms with E-state index < -0.39 is 27.5 Å². The third-order valence-corrected chi connectivity index (χ3v) is 8.27. The average molecular weight is 538 g/mol. The molecule has 0 radical (unpaired) electrons. The van der Waals surface area contributed by atoms with Crippen LogP contribution in [0, 0.1) is 0 Å². The van der Waals surface area contributed by atoms with Gasteiger partial charge in [0.15, 0.2) is 5.03 Å². The van der Waals surface area contributed by atoms with Crippen LogP contribution in [0.25, 0.3) is 0 Å². The number of hydrogen-bond donors (Lipinski definition) is 2. The Morgan fingerprint density at radius 3 is 2.53 bits per heavy atom. The minimum absolute atomic E-state index is 0.0501. The summed E-state index contributed by atoms with van der Waals surface area (Å²) < 4.78 is 35.7. The second-order valence-corrected chi connectivity index (χ2v) is 11.5. The van der Waals surface area contributed by atoms with E-state index in [1.165, 1.54) is 12.5 Å². The Balaban J connectivity index is 1.58. The number of aryl methyl sites for hydroxylation is 2. The molecule has 4 rings (SSSR count). The molecule has 9 heteroatoms. The molecule has 1 aliphatic heterocycles. The molecule has 2 atom stereocenters. The van der Waals surface area contributed by atoms with Crippen molar-refractivity contribution < 1.29 is 23.1 Å². The second-order valence-electron chi connectivity index (χ2n) is 9.91. The zero-order chi connectivity index (χ0) is 27.3.